The van der Waals surface area contributed by atoms with Crippen LogP contribution in [0.15, 0.2) is 53.5 Å². The molecule has 1 aliphatic heterocycles. The first-order chi connectivity index (χ1) is 15.1. The maximum absolute atomic E-state index is 13.1. The zero-order valence-corrected chi connectivity index (χ0v) is 19.2. The Morgan fingerprint density at radius 1 is 1.19 bits per heavy atom. The topological polar surface area (TPSA) is 96.0 Å². The standard InChI is InChI=1S/C24H24O7S/c1-6-20(25)15(3)9-12-18-22(29-5)16(4)19-13-30-24(26)21(19)23(18)31-32(27,28)17-10-7-14(2)8-11-17/h6-11H,1,12-13H2,2-5H3. The molecule has 0 unspecified atom stereocenters. The number of fused-ring (bicyclic) bond motifs is 1. The summed E-state index contributed by atoms with van der Waals surface area (Å²) < 4.78 is 42.4. The molecule has 0 N–H and O–H groups in total. The molecule has 0 aliphatic carbocycles. The predicted octanol–water partition coefficient (Wildman–Crippen LogP) is 3.99. The van der Waals surface area contributed by atoms with Crippen molar-refractivity contribution in [2.45, 2.75) is 38.7 Å². The van der Waals surface area contributed by atoms with Crippen molar-refractivity contribution in [2.24, 2.45) is 0 Å². The molecule has 2 aromatic carbocycles. The second-order valence-electron chi connectivity index (χ2n) is 7.41. The average molecular weight is 457 g/mol. The van der Waals surface area contributed by atoms with Crippen molar-refractivity contribution in [3.05, 3.63) is 76.4 Å². The number of ether oxygens (including phenoxy) is 2. The van der Waals surface area contributed by atoms with Crippen molar-refractivity contribution in [3.63, 3.8) is 0 Å². The monoisotopic (exact) mass is 456 g/mol. The minimum atomic E-state index is -4.26. The van der Waals surface area contributed by atoms with Gasteiger partial charge in [0.05, 0.1) is 7.11 Å². The van der Waals surface area contributed by atoms with E-state index in [9.17, 15) is 18.0 Å². The van der Waals surface area contributed by atoms with Crippen LogP contribution in [0, 0.1) is 13.8 Å². The third kappa shape index (κ3) is 4.31. The number of cyclic esters (lactones) is 1. The zero-order chi connectivity index (χ0) is 23.6. The van der Waals surface area contributed by atoms with E-state index >= 15 is 0 Å². The Balaban J connectivity index is 2.21. The number of carbonyl (C=O) groups excluding carboxylic acids is 2. The van der Waals surface area contributed by atoms with Gasteiger partial charge in [0.25, 0.3) is 0 Å². The Bertz CT molecular complexity index is 1240. The number of aryl methyl sites for hydroxylation is 1. The molecule has 0 atom stereocenters. The third-order valence-corrected chi connectivity index (χ3v) is 6.55. The van der Waals surface area contributed by atoms with Gasteiger partial charge in [0.1, 0.15) is 22.8 Å². The highest BCUT2D eigenvalue weighted by atomic mass is 32.2. The van der Waals surface area contributed by atoms with Crippen LogP contribution in [0.25, 0.3) is 0 Å². The van der Waals surface area contributed by atoms with E-state index < -0.39 is 16.1 Å². The van der Waals surface area contributed by atoms with Gasteiger partial charge < -0.3 is 13.7 Å². The summed E-state index contributed by atoms with van der Waals surface area (Å²) in [5.41, 5.74) is 2.83. The molecular weight excluding hydrogens is 432 g/mol. The molecular formula is C24H24O7S. The molecule has 7 nitrogen and oxygen atoms in total. The first-order valence-electron chi connectivity index (χ1n) is 9.84. The molecule has 32 heavy (non-hydrogen) atoms. The summed E-state index contributed by atoms with van der Waals surface area (Å²) in [6, 6.07) is 6.17. The molecule has 0 saturated carbocycles. The molecule has 8 heteroatoms. The van der Waals surface area contributed by atoms with E-state index in [2.05, 4.69) is 6.58 Å². The van der Waals surface area contributed by atoms with Crippen molar-refractivity contribution in [1.82, 2.24) is 0 Å². The SMILES string of the molecule is C=CC(=O)C(C)=CCc1c(OC)c(C)c2c(c1OS(=O)(=O)c1ccc(C)cc1)C(=O)OC2. The Kier molecular flexibility index (Phi) is 6.55. The van der Waals surface area contributed by atoms with Crippen molar-refractivity contribution < 1.29 is 31.7 Å². The fourth-order valence-electron chi connectivity index (χ4n) is 3.48. The lowest BCUT2D eigenvalue weighted by molar-refractivity contribution is -0.111. The molecule has 0 fully saturated rings. The fraction of sp³-hybridized carbons (Fsp3) is 0.250. The van der Waals surface area contributed by atoms with Gasteiger partial charge in [0.2, 0.25) is 0 Å². The van der Waals surface area contributed by atoms with E-state index in [0.717, 1.165) is 5.56 Å². The first kappa shape index (κ1) is 23.3. The number of hydrogen-bond acceptors (Lipinski definition) is 7. The van der Waals surface area contributed by atoms with Gasteiger partial charge in [-0.3, -0.25) is 4.79 Å². The maximum atomic E-state index is 13.1. The van der Waals surface area contributed by atoms with Gasteiger partial charge >= 0.3 is 16.1 Å². The van der Waals surface area contributed by atoms with Gasteiger partial charge in [-0.15, -0.1) is 0 Å². The van der Waals surface area contributed by atoms with E-state index in [1.807, 2.05) is 6.92 Å². The van der Waals surface area contributed by atoms with Gasteiger partial charge in [-0.05, 0) is 56.5 Å². The minimum Gasteiger partial charge on any atom is -0.496 e. The van der Waals surface area contributed by atoms with E-state index in [-0.39, 0.29) is 35.0 Å². The number of benzene rings is 2. The zero-order valence-electron chi connectivity index (χ0n) is 18.4. The largest absolute Gasteiger partial charge is 0.496 e. The summed E-state index contributed by atoms with van der Waals surface area (Å²) in [7, 11) is -2.82. The third-order valence-electron chi connectivity index (χ3n) is 5.32. The van der Waals surface area contributed by atoms with Crippen LogP contribution in [0.1, 0.15) is 39.5 Å². The minimum absolute atomic E-state index is 0.0125. The molecule has 0 bridgehead atoms. The highest BCUT2D eigenvalue weighted by Crippen LogP contribution is 2.43. The number of carbonyl (C=O) groups is 2. The van der Waals surface area contributed by atoms with Crippen LogP contribution in [-0.2, 0) is 32.7 Å². The van der Waals surface area contributed by atoms with Crippen molar-refractivity contribution in [2.75, 3.05) is 7.11 Å². The van der Waals surface area contributed by atoms with Gasteiger partial charge in [-0.1, -0.05) is 30.4 Å². The molecule has 1 aliphatic rings. The lowest BCUT2D eigenvalue weighted by Gasteiger charge is -2.19. The summed E-state index contributed by atoms with van der Waals surface area (Å²) in [6.45, 7) is 8.67. The van der Waals surface area contributed by atoms with E-state index in [0.29, 0.717) is 28.0 Å². The Hall–Kier alpha value is -3.39. The fourth-order valence-corrected chi connectivity index (χ4v) is 4.45. The van der Waals surface area contributed by atoms with Gasteiger partial charge in [-0.25, -0.2) is 4.79 Å². The molecule has 0 aromatic heterocycles. The molecule has 0 amide bonds. The predicted molar refractivity (Wildman–Crippen MR) is 119 cm³/mol. The molecule has 0 saturated heterocycles. The number of rotatable bonds is 8. The van der Waals surface area contributed by atoms with Crippen LogP contribution >= 0.6 is 0 Å². The maximum Gasteiger partial charge on any atom is 0.342 e. The quantitative estimate of drug-likeness (QED) is 0.337. The van der Waals surface area contributed by atoms with Crippen LogP contribution in [0.4, 0.5) is 0 Å². The smallest absolute Gasteiger partial charge is 0.342 e. The summed E-state index contributed by atoms with van der Waals surface area (Å²) in [4.78, 5) is 24.4. The molecule has 0 spiro atoms. The summed E-state index contributed by atoms with van der Waals surface area (Å²) in [5.74, 6) is -0.730. The first-order valence-corrected chi connectivity index (χ1v) is 11.3. The van der Waals surface area contributed by atoms with Gasteiger partial charge in [-0.2, -0.15) is 8.42 Å². The van der Waals surface area contributed by atoms with Crippen LogP contribution in [0.3, 0.4) is 0 Å². The van der Waals surface area contributed by atoms with E-state index in [1.165, 1.54) is 25.3 Å². The van der Waals surface area contributed by atoms with Crippen LogP contribution in [0.2, 0.25) is 0 Å². The molecule has 0 radical (unpaired) electrons. The second kappa shape index (κ2) is 9.00. The molecule has 2 aromatic rings. The molecule has 1 heterocycles. The number of esters is 1. The number of methoxy groups -OCH3 is 1. The lowest BCUT2D eigenvalue weighted by Crippen LogP contribution is -2.15. The number of allylic oxidation sites excluding steroid dienone is 3. The Morgan fingerprint density at radius 2 is 1.84 bits per heavy atom. The summed E-state index contributed by atoms with van der Waals surface area (Å²) >= 11 is 0. The second-order valence-corrected chi connectivity index (χ2v) is 8.95. The number of hydrogen-bond donors (Lipinski definition) is 0. The molecule has 168 valence electrons. The summed E-state index contributed by atoms with van der Waals surface area (Å²) in [6.07, 6.45) is 2.89. The van der Waals surface area contributed by atoms with Crippen LogP contribution in [-0.4, -0.2) is 27.3 Å². The van der Waals surface area contributed by atoms with Crippen LogP contribution < -0.4 is 8.92 Å². The van der Waals surface area contributed by atoms with E-state index in [4.69, 9.17) is 13.7 Å². The number of ketones is 1. The highest BCUT2D eigenvalue weighted by Gasteiger charge is 2.35. The Labute approximate surface area is 187 Å². The van der Waals surface area contributed by atoms with Crippen molar-refractivity contribution in [1.29, 1.82) is 0 Å². The lowest BCUT2D eigenvalue weighted by atomic mass is 9.94. The van der Waals surface area contributed by atoms with Crippen LogP contribution in [0.5, 0.6) is 11.5 Å². The Morgan fingerprint density at radius 3 is 2.44 bits per heavy atom. The van der Waals surface area contributed by atoms with Gasteiger partial charge in [0, 0.05) is 11.1 Å². The van der Waals surface area contributed by atoms with Crippen molar-refractivity contribution in [3.8, 4) is 11.5 Å². The highest BCUT2D eigenvalue weighted by molar-refractivity contribution is 7.87. The molecule has 3 rings (SSSR count). The normalized spacial score (nSPS) is 13.4. The summed E-state index contributed by atoms with van der Waals surface area (Å²) in [5, 5.41) is 0. The average Bonchev–Trinajstić information content (AvgIpc) is 3.15. The van der Waals surface area contributed by atoms with Crippen molar-refractivity contribution >= 4 is 21.9 Å². The van der Waals surface area contributed by atoms with Gasteiger partial charge in [0.15, 0.2) is 11.5 Å². The van der Waals surface area contributed by atoms with E-state index in [1.54, 1.807) is 32.1 Å².